The highest BCUT2D eigenvalue weighted by Crippen LogP contribution is 2.33. The second-order valence-electron chi connectivity index (χ2n) is 7.39. The molecule has 0 amide bonds. The highest BCUT2D eigenvalue weighted by molar-refractivity contribution is 6.11. The van der Waals surface area contributed by atoms with Crippen molar-refractivity contribution in [1.82, 2.24) is 14.9 Å². The lowest BCUT2D eigenvalue weighted by molar-refractivity contribution is 0.104. The number of aromatic amines is 1. The van der Waals surface area contributed by atoms with Crippen molar-refractivity contribution in [2.75, 3.05) is 43.5 Å². The van der Waals surface area contributed by atoms with Crippen molar-refractivity contribution in [3.8, 4) is 0 Å². The van der Waals surface area contributed by atoms with Crippen molar-refractivity contribution in [1.29, 1.82) is 0 Å². The minimum absolute atomic E-state index is 0.0851. The number of anilines is 2. The first-order chi connectivity index (χ1) is 14.6. The third-order valence-corrected chi connectivity index (χ3v) is 5.49. The standard InChI is InChI=1S/C22H22N6O2/c1-27(8-9-29)15-3-4-16-18(11-15)26-21(28-7-6-23-22(16)28)12-20(30)14-2-5-17-19(10-14)25-13-24-17/h2-5,10-13,26,29H,6-9H2,1H3,(H,24,25)/b21-12+. The number of rotatable bonds is 5. The van der Waals surface area contributed by atoms with Crippen molar-refractivity contribution >= 4 is 34.0 Å². The molecule has 1 aromatic heterocycles. The van der Waals surface area contributed by atoms with E-state index in [4.69, 9.17) is 0 Å². The number of hydrogen-bond acceptors (Lipinski definition) is 7. The smallest absolute Gasteiger partial charge is 0.189 e. The van der Waals surface area contributed by atoms with Crippen LogP contribution in [-0.2, 0) is 0 Å². The molecule has 0 radical (unpaired) electrons. The summed E-state index contributed by atoms with van der Waals surface area (Å²) < 4.78 is 0. The normalized spacial score (nSPS) is 16.3. The lowest BCUT2D eigenvalue weighted by Gasteiger charge is -2.32. The largest absolute Gasteiger partial charge is 0.395 e. The van der Waals surface area contributed by atoms with E-state index in [0.29, 0.717) is 18.7 Å². The van der Waals surface area contributed by atoms with Gasteiger partial charge in [0.15, 0.2) is 5.78 Å². The molecule has 30 heavy (non-hydrogen) atoms. The Labute approximate surface area is 173 Å². The lowest BCUT2D eigenvalue weighted by atomic mass is 10.1. The summed E-state index contributed by atoms with van der Waals surface area (Å²) in [5.41, 5.74) is 5.16. The van der Waals surface area contributed by atoms with Crippen LogP contribution in [0.1, 0.15) is 15.9 Å². The van der Waals surface area contributed by atoms with E-state index in [1.54, 1.807) is 18.5 Å². The fourth-order valence-corrected chi connectivity index (χ4v) is 3.88. The van der Waals surface area contributed by atoms with Crippen LogP contribution in [0.15, 0.2) is 59.6 Å². The number of nitrogens with one attached hydrogen (secondary N) is 2. The van der Waals surface area contributed by atoms with Gasteiger partial charge < -0.3 is 25.2 Å². The first-order valence-corrected chi connectivity index (χ1v) is 9.88. The Hall–Kier alpha value is -3.65. The Balaban J connectivity index is 1.49. The Bertz CT molecular complexity index is 1200. The zero-order valence-electron chi connectivity index (χ0n) is 16.6. The number of aliphatic hydroxyl groups is 1. The molecule has 0 saturated carbocycles. The van der Waals surface area contributed by atoms with E-state index in [9.17, 15) is 9.90 Å². The third-order valence-electron chi connectivity index (χ3n) is 5.49. The molecule has 0 aliphatic carbocycles. The second-order valence-corrected chi connectivity index (χ2v) is 7.39. The second kappa shape index (κ2) is 7.31. The van der Waals surface area contributed by atoms with Gasteiger partial charge in [-0.15, -0.1) is 0 Å². The highest BCUT2D eigenvalue weighted by Gasteiger charge is 2.30. The number of H-pyrrole nitrogens is 1. The number of aliphatic hydroxyl groups excluding tert-OH is 1. The fraction of sp³-hybridized carbons (Fsp3) is 0.227. The molecule has 8 nitrogen and oxygen atoms in total. The van der Waals surface area contributed by atoms with E-state index in [1.807, 2.05) is 47.2 Å². The maximum absolute atomic E-state index is 13.0. The van der Waals surface area contributed by atoms with Gasteiger partial charge in [-0.25, -0.2) is 4.98 Å². The number of aromatic nitrogens is 2. The molecule has 0 spiro atoms. The van der Waals surface area contributed by atoms with Crippen molar-refractivity contribution in [2.45, 2.75) is 0 Å². The minimum atomic E-state index is -0.0859. The van der Waals surface area contributed by atoms with E-state index in [1.165, 1.54) is 0 Å². The molecule has 2 aliphatic rings. The molecule has 5 rings (SSSR count). The van der Waals surface area contributed by atoms with Gasteiger partial charge in [-0.3, -0.25) is 9.79 Å². The molecule has 0 bridgehead atoms. The molecule has 3 N–H and O–H groups in total. The maximum Gasteiger partial charge on any atom is 0.189 e. The summed E-state index contributed by atoms with van der Waals surface area (Å²) >= 11 is 0. The van der Waals surface area contributed by atoms with E-state index in [2.05, 4.69) is 20.3 Å². The zero-order valence-corrected chi connectivity index (χ0v) is 16.6. The number of aliphatic imine (C=N–C) groups is 1. The van der Waals surface area contributed by atoms with Gasteiger partial charge in [0.2, 0.25) is 0 Å². The number of allylic oxidation sites excluding steroid dienone is 1. The van der Waals surface area contributed by atoms with Crippen LogP contribution in [0, 0.1) is 0 Å². The molecule has 0 saturated heterocycles. The van der Waals surface area contributed by atoms with E-state index in [0.717, 1.165) is 46.2 Å². The van der Waals surface area contributed by atoms with Crippen molar-refractivity contribution in [2.24, 2.45) is 4.99 Å². The summed E-state index contributed by atoms with van der Waals surface area (Å²) in [6.07, 6.45) is 3.25. The van der Waals surface area contributed by atoms with Gasteiger partial charge in [-0.05, 0) is 36.4 Å². The monoisotopic (exact) mass is 402 g/mol. The summed E-state index contributed by atoms with van der Waals surface area (Å²) in [5, 5.41) is 12.6. The average Bonchev–Trinajstić information content (AvgIpc) is 3.42. The topological polar surface area (TPSA) is 96.8 Å². The molecule has 152 valence electrons. The zero-order chi connectivity index (χ0) is 20.7. The predicted molar refractivity (Wildman–Crippen MR) is 117 cm³/mol. The van der Waals surface area contributed by atoms with E-state index < -0.39 is 0 Å². The number of amidine groups is 1. The van der Waals surface area contributed by atoms with Gasteiger partial charge in [0.25, 0.3) is 0 Å². The number of imidazole rings is 1. The fourth-order valence-electron chi connectivity index (χ4n) is 3.88. The number of ketones is 1. The van der Waals surface area contributed by atoms with Crippen LogP contribution in [0.3, 0.4) is 0 Å². The molecule has 0 fully saturated rings. The lowest BCUT2D eigenvalue weighted by Crippen LogP contribution is -2.36. The number of carbonyl (C=O) groups excluding carboxylic acids is 1. The van der Waals surface area contributed by atoms with Crippen LogP contribution in [0.25, 0.3) is 11.0 Å². The minimum Gasteiger partial charge on any atom is -0.395 e. The summed E-state index contributed by atoms with van der Waals surface area (Å²) in [6.45, 7) is 2.05. The van der Waals surface area contributed by atoms with Crippen LogP contribution in [0.2, 0.25) is 0 Å². The summed E-state index contributed by atoms with van der Waals surface area (Å²) in [6, 6.07) is 11.5. The third kappa shape index (κ3) is 3.11. The van der Waals surface area contributed by atoms with Crippen LogP contribution >= 0.6 is 0 Å². The maximum atomic E-state index is 13.0. The average molecular weight is 402 g/mol. The van der Waals surface area contributed by atoms with E-state index >= 15 is 0 Å². The van der Waals surface area contributed by atoms with Gasteiger partial charge in [0.05, 0.1) is 36.2 Å². The molecule has 2 aliphatic heterocycles. The first kappa shape index (κ1) is 18.4. The summed E-state index contributed by atoms with van der Waals surface area (Å²) in [7, 11) is 1.94. The number of likely N-dealkylation sites (N-methyl/N-ethyl adjacent to an activating group) is 1. The van der Waals surface area contributed by atoms with Gasteiger partial charge in [-0.1, -0.05) is 0 Å². The van der Waals surface area contributed by atoms with Gasteiger partial charge >= 0.3 is 0 Å². The molecule has 2 aromatic carbocycles. The Morgan fingerprint density at radius 3 is 3.07 bits per heavy atom. The van der Waals surface area contributed by atoms with Crippen LogP contribution in [0.5, 0.6) is 0 Å². The Kier molecular flexibility index (Phi) is 4.48. The van der Waals surface area contributed by atoms with Gasteiger partial charge in [-0.2, -0.15) is 0 Å². The van der Waals surface area contributed by atoms with Crippen LogP contribution < -0.4 is 10.2 Å². The van der Waals surface area contributed by atoms with Crippen molar-refractivity contribution in [3.63, 3.8) is 0 Å². The Morgan fingerprint density at radius 1 is 1.30 bits per heavy atom. The van der Waals surface area contributed by atoms with E-state index in [-0.39, 0.29) is 12.4 Å². The first-order valence-electron chi connectivity index (χ1n) is 9.88. The predicted octanol–water partition coefficient (Wildman–Crippen LogP) is 2.20. The summed E-state index contributed by atoms with van der Waals surface area (Å²) in [4.78, 5) is 28.9. The molecule has 8 heteroatoms. The number of nitrogens with zero attached hydrogens (tertiary/aromatic N) is 4. The van der Waals surface area contributed by atoms with Crippen LogP contribution in [-0.4, -0.2) is 64.9 Å². The number of fused-ring (bicyclic) bond motifs is 4. The number of carbonyl (C=O) groups is 1. The molecular weight excluding hydrogens is 380 g/mol. The van der Waals surface area contributed by atoms with Crippen molar-refractivity contribution < 1.29 is 9.90 Å². The number of benzene rings is 2. The number of hydrogen-bond donors (Lipinski definition) is 3. The molecule has 3 aromatic rings. The molecule has 0 unspecified atom stereocenters. The highest BCUT2D eigenvalue weighted by atomic mass is 16.3. The SMILES string of the molecule is CN(CCO)c1ccc2c(c1)N/C(=C\C(=O)c1ccc3nc[nH]c3c1)N1CCN=C21. The Morgan fingerprint density at radius 2 is 2.20 bits per heavy atom. The van der Waals surface area contributed by atoms with Crippen molar-refractivity contribution in [3.05, 3.63) is 65.7 Å². The molecule has 0 atom stereocenters. The van der Waals surface area contributed by atoms with Crippen LogP contribution in [0.4, 0.5) is 11.4 Å². The summed E-state index contributed by atoms with van der Waals surface area (Å²) in [5.74, 6) is 1.51. The molecule has 3 heterocycles. The van der Waals surface area contributed by atoms with Gasteiger partial charge in [0, 0.05) is 43.0 Å². The molecular formula is C22H22N6O2. The van der Waals surface area contributed by atoms with Gasteiger partial charge in [0.1, 0.15) is 11.7 Å². The quantitative estimate of drug-likeness (QED) is 0.447.